The summed E-state index contributed by atoms with van der Waals surface area (Å²) in [6, 6.07) is 9.34. The Bertz CT molecular complexity index is 610. The van der Waals surface area contributed by atoms with Gasteiger partial charge in [0.1, 0.15) is 0 Å². The summed E-state index contributed by atoms with van der Waals surface area (Å²) in [5.41, 5.74) is 1.07. The largest absolute Gasteiger partial charge is 0.481 e. The number of aliphatic carboxylic acids is 1. The van der Waals surface area contributed by atoms with Crippen LogP contribution < -0.4 is 0 Å². The molecule has 1 aromatic carbocycles. The maximum atomic E-state index is 11.6. The van der Waals surface area contributed by atoms with Gasteiger partial charge >= 0.3 is 5.97 Å². The molecule has 1 fully saturated rings. The lowest BCUT2D eigenvalue weighted by atomic mass is 10.2. The lowest BCUT2D eigenvalue weighted by Crippen LogP contribution is -2.49. The monoisotopic (exact) mass is 309 g/mol. The fraction of sp³-hybridized carbons (Fsp3) is 0.400. The van der Waals surface area contributed by atoms with Crippen molar-refractivity contribution in [1.82, 2.24) is 4.90 Å². The molecule has 1 atom stereocenters. The van der Waals surface area contributed by atoms with Gasteiger partial charge in [-0.3, -0.25) is 9.69 Å². The smallest absolute Gasteiger partial charge is 0.304 e. The number of carbonyl (C=O) groups is 1. The van der Waals surface area contributed by atoms with Crippen LogP contribution >= 0.6 is 0 Å². The maximum Gasteiger partial charge on any atom is 0.304 e. The predicted octanol–water partition coefficient (Wildman–Crippen LogP) is 1.27. The summed E-state index contributed by atoms with van der Waals surface area (Å²) in [4.78, 5) is 12.8. The van der Waals surface area contributed by atoms with Gasteiger partial charge in [0.15, 0.2) is 9.84 Å². The molecule has 0 aliphatic carbocycles. The van der Waals surface area contributed by atoms with Crippen molar-refractivity contribution in [2.24, 2.45) is 0 Å². The molecule has 114 valence electrons. The summed E-state index contributed by atoms with van der Waals surface area (Å²) >= 11 is 0. The second-order valence-corrected chi connectivity index (χ2v) is 7.40. The molecular weight excluding hydrogens is 290 g/mol. The van der Waals surface area contributed by atoms with Gasteiger partial charge in [0.05, 0.1) is 17.9 Å². The third-order valence-electron chi connectivity index (χ3n) is 3.51. The zero-order valence-electron chi connectivity index (χ0n) is 11.7. The number of carboxylic acid groups (broad SMARTS) is 1. The van der Waals surface area contributed by atoms with Crippen LogP contribution in [0.25, 0.3) is 6.08 Å². The van der Waals surface area contributed by atoms with Crippen molar-refractivity contribution in [3.63, 3.8) is 0 Å². The van der Waals surface area contributed by atoms with Gasteiger partial charge in [-0.25, -0.2) is 8.42 Å². The molecular formula is C15H19NO4S. The van der Waals surface area contributed by atoms with Crippen LogP contribution in [0.15, 0.2) is 36.4 Å². The first-order valence-corrected chi connectivity index (χ1v) is 8.66. The van der Waals surface area contributed by atoms with E-state index in [1.165, 1.54) is 0 Å². The van der Waals surface area contributed by atoms with Gasteiger partial charge in [-0.2, -0.15) is 0 Å². The van der Waals surface area contributed by atoms with Crippen LogP contribution in [0.5, 0.6) is 0 Å². The first-order valence-electron chi connectivity index (χ1n) is 6.84. The first kappa shape index (κ1) is 15.7. The van der Waals surface area contributed by atoms with E-state index in [-0.39, 0.29) is 17.9 Å². The lowest BCUT2D eigenvalue weighted by molar-refractivity contribution is -0.138. The minimum Gasteiger partial charge on any atom is -0.481 e. The Labute approximate surface area is 124 Å². The van der Waals surface area contributed by atoms with Crippen LogP contribution in [-0.2, 0) is 14.6 Å². The van der Waals surface area contributed by atoms with Gasteiger partial charge < -0.3 is 5.11 Å². The molecule has 1 N–H and O–H groups in total. The topological polar surface area (TPSA) is 74.7 Å². The summed E-state index contributed by atoms with van der Waals surface area (Å²) in [6.07, 6.45) is 3.77. The number of benzene rings is 1. The molecule has 1 aromatic rings. The molecule has 0 radical (unpaired) electrons. The summed E-state index contributed by atoms with van der Waals surface area (Å²) in [7, 11) is -3.12. The molecule has 0 aromatic heterocycles. The number of hydrogen-bond acceptors (Lipinski definition) is 4. The highest BCUT2D eigenvalue weighted by Gasteiger charge is 2.31. The third kappa shape index (κ3) is 4.99. The first-order chi connectivity index (χ1) is 9.96. The highest BCUT2D eigenvalue weighted by molar-refractivity contribution is 7.91. The zero-order valence-corrected chi connectivity index (χ0v) is 12.5. The molecule has 1 aliphatic rings. The second-order valence-electron chi connectivity index (χ2n) is 5.17. The molecule has 5 nitrogen and oxygen atoms in total. The van der Waals surface area contributed by atoms with Gasteiger partial charge in [-0.05, 0) is 5.56 Å². The Hall–Kier alpha value is -1.66. The molecule has 0 amide bonds. The van der Waals surface area contributed by atoms with Gasteiger partial charge in [-0.15, -0.1) is 0 Å². The number of rotatable bonds is 5. The molecule has 0 bridgehead atoms. The number of hydrogen-bond donors (Lipinski definition) is 1. The van der Waals surface area contributed by atoms with Crippen molar-refractivity contribution in [3.05, 3.63) is 42.0 Å². The maximum absolute atomic E-state index is 11.6. The predicted molar refractivity (Wildman–Crippen MR) is 81.7 cm³/mol. The van der Waals surface area contributed by atoms with E-state index in [1.54, 1.807) is 0 Å². The minimum atomic E-state index is -3.12. The van der Waals surface area contributed by atoms with E-state index in [0.717, 1.165) is 5.56 Å². The molecule has 21 heavy (non-hydrogen) atoms. The van der Waals surface area contributed by atoms with Crippen molar-refractivity contribution in [2.45, 2.75) is 12.5 Å². The molecule has 1 aliphatic heterocycles. The average Bonchev–Trinajstić information content (AvgIpc) is 2.41. The van der Waals surface area contributed by atoms with Crippen LogP contribution in [0.3, 0.4) is 0 Å². The highest BCUT2D eigenvalue weighted by atomic mass is 32.2. The zero-order chi connectivity index (χ0) is 15.3. The Kier molecular flexibility index (Phi) is 5.14. The SMILES string of the molecule is O=C(O)CC1CS(=O)(=O)CCN1C/C=C/c1ccccc1. The fourth-order valence-corrected chi connectivity index (χ4v) is 4.03. The minimum absolute atomic E-state index is 0.0710. The molecule has 1 saturated heterocycles. The van der Waals surface area contributed by atoms with E-state index in [1.807, 2.05) is 47.4 Å². The Morgan fingerprint density at radius 1 is 1.33 bits per heavy atom. The van der Waals surface area contributed by atoms with Gasteiger partial charge in [0, 0.05) is 19.1 Å². The summed E-state index contributed by atoms with van der Waals surface area (Å²) in [5, 5.41) is 8.92. The van der Waals surface area contributed by atoms with Crippen molar-refractivity contribution in [3.8, 4) is 0 Å². The van der Waals surface area contributed by atoms with Crippen molar-refractivity contribution in [1.29, 1.82) is 0 Å². The number of carboxylic acids is 1. The Morgan fingerprint density at radius 2 is 2.05 bits per heavy atom. The Morgan fingerprint density at radius 3 is 2.71 bits per heavy atom. The Balaban J connectivity index is 2.00. The average molecular weight is 309 g/mol. The fourth-order valence-electron chi connectivity index (χ4n) is 2.44. The van der Waals surface area contributed by atoms with Crippen LogP contribution in [0.4, 0.5) is 0 Å². The lowest BCUT2D eigenvalue weighted by Gasteiger charge is -2.33. The number of sulfone groups is 1. The van der Waals surface area contributed by atoms with E-state index < -0.39 is 21.8 Å². The third-order valence-corrected chi connectivity index (χ3v) is 5.21. The van der Waals surface area contributed by atoms with E-state index in [0.29, 0.717) is 13.1 Å². The summed E-state index contributed by atoms with van der Waals surface area (Å²) in [5.74, 6) is -0.935. The molecule has 2 rings (SSSR count). The summed E-state index contributed by atoms with van der Waals surface area (Å²) < 4.78 is 23.3. The molecule has 0 spiro atoms. The van der Waals surface area contributed by atoms with Crippen LogP contribution in [0.1, 0.15) is 12.0 Å². The normalized spacial score (nSPS) is 22.4. The van der Waals surface area contributed by atoms with E-state index in [2.05, 4.69) is 0 Å². The van der Waals surface area contributed by atoms with Gasteiger partial charge in [0.2, 0.25) is 0 Å². The van der Waals surface area contributed by atoms with E-state index in [4.69, 9.17) is 5.11 Å². The van der Waals surface area contributed by atoms with Crippen molar-refractivity contribution in [2.75, 3.05) is 24.6 Å². The molecule has 1 unspecified atom stereocenters. The quantitative estimate of drug-likeness (QED) is 0.886. The highest BCUT2D eigenvalue weighted by Crippen LogP contribution is 2.15. The molecule has 6 heteroatoms. The van der Waals surface area contributed by atoms with Crippen molar-refractivity contribution >= 4 is 21.9 Å². The van der Waals surface area contributed by atoms with Crippen LogP contribution in [0.2, 0.25) is 0 Å². The summed E-state index contributed by atoms with van der Waals surface area (Å²) in [6.45, 7) is 0.946. The van der Waals surface area contributed by atoms with Gasteiger partial charge in [0.25, 0.3) is 0 Å². The van der Waals surface area contributed by atoms with Crippen LogP contribution in [0, 0.1) is 0 Å². The standard InChI is InChI=1S/C15H19NO4S/c17-15(18)11-14-12-21(19,20)10-9-16(14)8-4-7-13-5-2-1-3-6-13/h1-7,14H,8-12H2,(H,17,18)/b7-4+. The van der Waals surface area contributed by atoms with Crippen LogP contribution in [-0.4, -0.2) is 55.0 Å². The van der Waals surface area contributed by atoms with Gasteiger partial charge in [-0.1, -0.05) is 42.5 Å². The molecule has 1 heterocycles. The second kappa shape index (κ2) is 6.87. The molecule has 0 saturated carbocycles. The van der Waals surface area contributed by atoms with E-state index in [9.17, 15) is 13.2 Å². The number of nitrogens with zero attached hydrogens (tertiary/aromatic N) is 1. The van der Waals surface area contributed by atoms with Crippen molar-refractivity contribution < 1.29 is 18.3 Å². The van der Waals surface area contributed by atoms with E-state index >= 15 is 0 Å².